The van der Waals surface area contributed by atoms with Crippen molar-refractivity contribution in [3.63, 3.8) is 0 Å². The second kappa shape index (κ2) is 4.39. The molecule has 1 heterocycles. The van der Waals surface area contributed by atoms with Crippen LogP contribution in [0.5, 0.6) is 0 Å². The van der Waals surface area contributed by atoms with Gasteiger partial charge in [-0.1, -0.05) is 6.07 Å². The van der Waals surface area contributed by atoms with E-state index in [9.17, 15) is 4.79 Å². The lowest BCUT2D eigenvalue weighted by molar-refractivity contribution is 0.0995. The molecule has 0 unspecified atom stereocenters. The number of primary amides is 1. The quantitative estimate of drug-likeness (QED) is 0.879. The van der Waals surface area contributed by atoms with Gasteiger partial charge in [-0.3, -0.25) is 9.89 Å². The lowest BCUT2D eigenvalue weighted by atomic mass is 10.1. The van der Waals surface area contributed by atoms with Crippen molar-refractivity contribution in [2.45, 2.75) is 0 Å². The first kappa shape index (κ1) is 11.3. The molecule has 3 N–H and O–H groups in total. The Morgan fingerprint density at radius 2 is 2.00 bits per heavy atom. The molecule has 0 fully saturated rings. The van der Waals surface area contributed by atoms with Crippen LogP contribution in [-0.2, 0) is 0 Å². The van der Waals surface area contributed by atoms with Crippen LogP contribution in [-0.4, -0.2) is 16.1 Å². The normalized spacial score (nSPS) is 10.4. The van der Waals surface area contributed by atoms with Crippen molar-refractivity contribution in [2.75, 3.05) is 0 Å². The minimum Gasteiger partial charge on any atom is -0.364 e. The Bertz CT molecular complexity index is 551. The Balaban J connectivity index is 2.42. The molecule has 1 aromatic heterocycles. The maximum absolute atomic E-state index is 10.9. The van der Waals surface area contributed by atoms with E-state index < -0.39 is 5.91 Å². The average molecular weight is 345 g/mol. The topological polar surface area (TPSA) is 71.8 Å². The van der Waals surface area contributed by atoms with Gasteiger partial charge in [0, 0.05) is 14.5 Å². The Morgan fingerprint density at radius 3 is 2.56 bits per heavy atom. The molecule has 0 bridgehead atoms. The van der Waals surface area contributed by atoms with E-state index in [4.69, 9.17) is 5.73 Å². The highest BCUT2D eigenvalue weighted by Crippen LogP contribution is 2.28. The van der Waals surface area contributed by atoms with Crippen LogP contribution < -0.4 is 5.73 Å². The van der Waals surface area contributed by atoms with E-state index in [1.165, 1.54) is 0 Å². The largest absolute Gasteiger partial charge is 0.364 e. The summed E-state index contributed by atoms with van der Waals surface area (Å²) < 4.78 is 1.88. The van der Waals surface area contributed by atoms with Gasteiger partial charge in [0.15, 0.2) is 0 Å². The fourth-order valence-corrected chi connectivity index (χ4v) is 1.88. The van der Waals surface area contributed by atoms with Gasteiger partial charge in [0.2, 0.25) is 0 Å². The van der Waals surface area contributed by atoms with Crippen molar-refractivity contribution in [3.8, 4) is 11.3 Å². The maximum Gasteiger partial charge on any atom is 0.266 e. The summed E-state index contributed by atoms with van der Waals surface area (Å²) in [7, 11) is 0. The van der Waals surface area contributed by atoms with E-state index in [2.05, 4.69) is 42.1 Å². The third-order valence-corrected chi connectivity index (χ3v) is 3.94. The molecule has 2 rings (SSSR count). The number of nitrogens with zero attached hydrogens (tertiary/aromatic N) is 1. The summed E-state index contributed by atoms with van der Waals surface area (Å²) in [5.74, 6) is -0.519. The molecule has 2 aromatic rings. The first-order valence-corrected chi connectivity index (χ1v) is 5.97. The number of nitrogens with two attached hydrogens (primary N) is 1. The molecule has 0 radical (unpaired) electrons. The SMILES string of the molecule is NC(=O)c1cc(-c2ccc(Br)c(Br)c2)n[nH]1. The van der Waals surface area contributed by atoms with Gasteiger partial charge in [-0.2, -0.15) is 5.10 Å². The van der Waals surface area contributed by atoms with Crippen molar-refractivity contribution in [1.29, 1.82) is 0 Å². The number of halogens is 2. The van der Waals surface area contributed by atoms with E-state index >= 15 is 0 Å². The van der Waals surface area contributed by atoms with Gasteiger partial charge in [0.25, 0.3) is 5.91 Å². The van der Waals surface area contributed by atoms with Gasteiger partial charge in [0.05, 0.1) is 5.69 Å². The fraction of sp³-hybridized carbons (Fsp3) is 0. The van der Waals surface area contributed by atoms with Crippen LogP contribution in [0.2, 0.25) is 0 Å². The molecule has 1 aromatic carbocycles. The van der Waals surface area contributed by atoms with Crippen molar-refractivity contribution < 1.29 is 4.79 Å². The van der Waals surface area contributed by atoms with Crippen molar-refractivity contribution in [2.24, 2.45) is 5.73 Å². The number of rotatable bonds is 2. The van der Waals surface area contributed by atoms with Gasteiger partial charge < -0.3 is 5.73 Å². The third kappa shape index (κ3) is 2.17. The van der Waals surface area contributed by atoms with Crippen molar-refractivity contribution in [1.82, 2.24) is 10.2 Å². The first-order chi connectivity index (χ1) is 7.58. The molecule has 0 aliphatic rings. The second-order valence-electron chi connectivity index (χ2n) is 3.16. The molecule has 82 valence electrons. The number of hydrogen-bond acceptors (Lipinski definition) is 2. The van der Waals surface area contributed by atoms with Gasteiger partial charge in [-0.25, -0.2) is 0 Å². The zero-order valence-corrected chi connectivity index (χ0v) is 11.2. The van der Waals surface area contributed by atoms with Gasteiger partial charge in [-0.15, -0.1) is 0 Å². The Morgan fingerprint density at radius 1 is 1.25 bits per heavy atom. The minimum atomic E-state index is -0.519. The summed E-state index contributed by atoms with van der Waals surface area (Å²) in [5.41, 5.74) is 7.02. The highest BCUT2D eigenvalue weighted by atomic mass is 79.9. The van der Waals surface area contributed by atoms with Crippen LogP contribution in [0.1, 0.15) is 10.5 Å². The molecule has 0 spiro atoms. The molecule has 0 aliphatic heterocycles. The van der Waals surface area contributed by atoms with E-state index in [1.807, 2.05) is 18.2 Å². The lowest BCUT2D eigenvalue weighted by Gasteiger charge is -1.99. The van der Waals surface area contributed by atoms with Crippen LogP contribution in [0, 0.1) is 0 Å². The Labute approximate surface area is 108 Å². The molecule has 1 amide bonds. The molecule has 0 saturated carbocycles. The van der Waals surface area contributed by atoms with E-state index in [-0.39, 0.29) is 0 Å². The Kier molecular flexibility index (Phi) is 3.11. The summed E-state index contributed by atoms with van der Waals surface area (Å²) in [6.07, 6.45) is 0. The zero-order chi connectivity index (χ0) is 11.7. The van der Waals surface area contributed by atoms with Crippen molar-refractivity contribution >= 4 is 37.8 Å². The maximum atomic E-state index is 10.9. The summed E-state index contributed by atoms with van der Waals surface area (Å²) in [6, 6.07) is 7.33. The number of amides is 1. The Hall–Kier alpha value is -1.14. The molecule has 0 saturated heterocycles. The minimum absolute atomic E-state index is 0.300. The number of benzene rings is 1. The molecular weight excluding hydrogens is 338 g/mol. The summed E-state index contributed by atoms with van der Waals surface area (Å²) in [6.45, 7) is 0. The summed E-state index contributed by atoms with van der Waals surface area (Å²) in [4.78, 5) is 10.9. The molecule has 16 heavy (non-hydrogen) atoms. The molecule has 0 aliphatic carbocycles. The van der Waals surface area contributed by atoms with Crippen LogP contribution in [0.3, 0.4) is 0 Å². The third-order valence-electron chi connectivity index (χ3n) is 2.06. The van der Waals surface area contributed by atoms with Crippen LogP contribution >= 0.6 is 31.9 Å². The zero-order valence-electron chi connectivity index (χ0n) is 8.00. The predicted octanol–water partition coefficient (Wildman–Crippen LogP) is 2.70. The molecular formula is C10H7Br2N3O. The molecule has 6 heteroatoms. The highest BCUT2D eigenvalue weighted by molar-refractivity contribution is 9.13. The predicted molar refractivity (Wildman–Crippen MR) is 67.9 cm³/mol. The molecule has 0 atom stereocenters. The summed E-state index contributed by atoms with van der Waals surface area (Å²) >= 11 is 6.78. The standard InChI is InChI=1S/C10H7Br2N3O/c11-6-2-1-5(3-7(6)12)8-4-9(10(13)16)15-14-8/h1-4H,(H2,13,16)(H,14,15). The lowest BCUT2D eigenvalue weighted by Crippen LogP contribution is -2.10. The van der Waals surface area contributed by atoms with E-state index in [0.717, 1.165) is 14.5 Å². The van der Waals surface area contributed by atoms with E-state index in [1.54, 1.807) is 6.07 Å². The number of carbonyl (C=O) groups is 1. The van der Waals surface area contributed by atoms with Crippen molar-refractivity contribution in [3.05, 3.63) is 38.9 Å². The van der Waals surface area contributed by atoms with Crippen LogP contribution in [0.15, 0.2) is 33.2 Å². The number of aromatic nitrogens is 2. The van der Waals surface area contributed by atoms with Crippen LogP contribution in [0.25, 0.3) is 11.3 Å². The highest BCUT2D eigenvalue weighted by Gasteiger charge is 2.08. The summed E-state index contributed by atoms with van der Waals surface area (Å²) in [5, 5.41) is 6.60. The van der Waals surface area contributed by atoms with Gasteiger partial charge >= 0.3 is 0 Å². The van der Waals surface area contributed by atoms with E-state index in [0.29, 0.717) is 11.4 Å². The number of H-pyrrole nitrogens is 1. The van der Waals surface area contributed by atoms with Gasteiger partial charge in [-0.05, 0) is 50.1 Å². The number of carbonyl (C=O) groups excluding carboxylic acids is 1. The fourth-order valence-electron chi connectivity index (χ4n) is 1.25. The number of aromatic amines is 1. The second-order valence-corrected chi connectivity index (χ2v) is 4.87. The first-order valence-electron chi connectivity index (χ1n) is 4.38. The van der Waals surface area contributed by atoms with Gasteiger partial charge in [0.1, 0.15) is 5.69 Å². The number of hydrogen-bond donors (Lipinski definition) is 2. The average Bonchev–Trinajstić information content (AvgIpc) is 2.71. The smallest absolute Gasteiger partial charge is 0.266 e. The monoisotopic (exact) mass is 343 g/mol. The number of nitrogens with one attached hydrogen (secondary N) is 1. The molecule has 4 nitrogen and oxygen atoms in total. The van der Waals surface area contributed by atoms with Crippen LogP contribution in [0.4, 0.5) is 0 Å².